The summed E-state index contributed by atoms with van der Waals surface area (Å²) >= 11 is 0. The van der Waals surface area contributed by atoms with Crippen LogP contribution in [0.5, 0.6) is 11.5 Å². The van der Waals surface area contributed by atoms with Crippen molar-refractivity contribution < 1.29 is 24.2 Å². The zero-order chi connectivity index (χ0) is 25.7. The number of carbonyl (C=O) groups is 2. The van der Waals surface area contributed by atoms with Crippen LogP contribution in [0.1, 0.15) is 43.0 Å². The lowest BCUT2D eigenvalue weighted by Gasteiger charge is -2.27. The number of ketones is 1. The molecule has 0 saturated carbocycles. The smallest absolute Gasteiger partial charge is 0.295 e. The third-order valence-electron chi connectivity index (χ3n) is 6.11. The van der Waals surface area contributed by atoms with Gasteiger partial charge in [-0.3, -0.25) is 9.59 Å². The molecule has 1 saturated heterocycles. The fraction of sp³-hybridized carbons (Fsp3) is 0.429. The standard InChI is InChI=1S/C28H36N2O5/c1-18(2)13-16-35-22-12-11-21(17-23(22)34-6)25-24(26(31)20-9-7-19(3)8-10-20)27(32)28(33)30(25)15-14-29(4)5/h7-12,17-18,25,31H,13-16H2,1-6H3/b26-24+. The summed E-state index contributed by atoms with van der Waals surface area (Å²) in [5.41, 5.74) is 2.27. The van der Waals surface area contributed by atoms with Crippen LogP contribution in [0.25, 0.3) is 5.76 Å². The molecule has 1 amide bonds. The third-order valence-corrected chi connectivity index (χ3v) is 6.11. The van der Waals surface area contributed by atoms with Gasteiger partial charge in [0, 0.05) is 18.7 Å². The van der Waals surface area contributed by atoms with Crippen molar-refractivity contribution in [3.8, 4) is 11.5 Å². The number of hydrogen-bond acceptors (Lipinski definition) is 6. The number of likely N-dealkylation sites (N-methyl/N-ethyl adjacent to an activating group) is 1. The SMILES string of the molecule is COc1cc(C2/C(=C(\O)c3ccc(C)cc3)C(=O)C(=O)N2CCN(C)C)ccc1OCCC(C)C. The number of benzene rings is 2. The van der Waals surface area contributed by atoms with Gasteiger partial charge in [0.2, 0.25) is 0 Å². The molecule has 1 atom stereocenters. The van der Waals surface area contributed by atoms with E-state index in [1.54, 1.807) is 31.4 Å². The number of aryl methyl sites for hydroxylation is 1. The predicted molar refractivity (Wildman–Crippen MR) is 137 cm³/mol. The summed E-state index contributed by atoms with van der Waals surface area (Å²) in [4.78, 5) is 29.7. The highest BCUT2D eigenvalue weighted by Crippen LogP contribution is 2.42. The van der Waals surface area contributed by atoms with Crippen LogP contribution in [0, 0.1) is 12.8 Å². The molecule has 3 rings (SSSR count). The Hall–Kier alpha value is -3.32. The van der Waals surface area contributed by atoms with Gasteiger partial charge in [0.15, 0.2) is 11.5 Å². The monoisotopic (exact) mass is 480 g/mol. The summed E-state index contributed by atoms with van der Waals surface area (Å²) in [5, 5.41) is 11.2. The number of rotatable bonds is 10. The van der Waals surface area contributed by atoms with Gasteiger partial charge in [0.1, 0.15) is 5.76 Å². The van der Waals surface area contributed by atoms with Crippen LogP contribution < -0.4 is 9.47 Å². The van der Waals surface area contributed by atoms with Gasteiger partial charge in [-0.15, -0.1) is 0 Å². The lowest BCUT2D eigenvalue weighted by atomic mass is 9.94. The number of amides is 1. The number of likely N-dealkylation sites (tertiary alicyclic amines) is 1. The fourth-order valence-corrected chi connectivity index (χ4v) is 4.01. The highest BCUT2D eigenvalue weighted by Gasteiger charge is 2.46. The van der Waals surface area contributed by atoms with Gasteiger partial charge < -0.3 is 24.4 Å². The Morgan fingerprint density at radius 1 is 1.09 bits per heavy atom. The van der Waals surface area contributed by atoms with E-state index in [1.807, 2.05) is 44.1 Å². The van der Waals surface area contributed by atoms with E-state index in [1.165, 1.54) is 4.90 Å². The predicted octanol–water partition coefficient (Wildman–Crippen LogP) is 4.41. The normalized spacial score (nSPS) is 17.5. The molecule has 1 N–H and O–H groups in total. The minimum absolute atomic E-state index is 0.0770. The minimum atomic E-state index is -0.741. The van der Waals surface area contributed by atoms with Crippen LogP contribution in [-0.2, 0) is 9.59 Å². The largest absolute Gasteiger partial charge is 0.507 e. The van der Waals surface area contributed by atoms with E-state index in [0.717, 1.165) is 12.0 Å². The first-order valence-electron chi connectivity index (χ1n) is 11.9. The van der Waals surface area contributed by atoms with Gasteiger partial charge in [-0.05, 0) is 51.1 Å². The van der Waals surface area contributed by atoms with Crippen LogP contribution in [0.3, 0.4) is 0 Å². The number of methoxy groups -OCH3 is 1. The highest BCUT2D eigenvalue weighted by molar-refractivity contribution is 6.46. The van der Waals surface area contributed by atoms with Crippen molar-refractivity contribution >= 4 is 17.4 Å². The van der Waals surface area contributed by atoms with Crippen LogP contribution in [0.15, 0.2) is 48.0 Å². The van der Waals surface area contributed by atoms with E-state index in [0.29, 0.717) is 48.2 Å². The molecule has 0 spiro atoms. The van der Waals surface area contributed by atoms with Gasteiger partial charge in [-0.25, -0.2) is 0 Å². The second-order valence-corrected chi connectivity index (χ2v) is 9.60. The van der Waals surface area contributed by atoms with Crippen molar-refractivity contribution in [2.45, 2.75) is 33.2 Å². The number of nitrogens with zero attached hydrogens (tertiary/aromatic N) is 2. The van der Waals surface area contributed by atoms with E-state index in [4.69, 9.17) is 9.47 Å². The Balaban J connectivity index is 2.08. The van der Waals surface area contributed by atoms with E-state index in [2.05, 4.69) is 13.8 Å². The molecule has 1 aliphatic heterocycles. The Kier molecular flexibility index (Phi) is 8.57. The zero-order valence-corrected chi connectivity index (χ0v) is 21.5. The molecule has 35 heavy (non-hydrogen) atoms. The van der Waals surface area contributed by atoms with E-state index >= 15 is 0 Å². The van der Waals surface area contributed by atoms with Crippen LogP contribution in [0.4, 0.5) is 0 Å². The highest BCUT2D eigenvalue weighted by atomic mass is 16.5. The molecule has 0 bridgehead atoms. The molecule has 1 unspecified atom stereocenters. The molecule has 0 aromatic heterocycles. The van der Waals surface area contributed by atoms with E-state index < -0.39 is 17.7 Å². The van der Waals surface area contributed by atoms with Crippen LogP contribution in [0.2, 0.25) is 0 Å². The second-order valence-electron chi connectivity index (χ2n) is 9.60. The van der Waals surface area contributed by atoms with Crippen molar-refractivity contribution in [3.63, 3.8) is 0 Å². The molecule has 2 aromatic carbocycles. The Bertz CT molecular complexity index is 1090. The summed E-state index contributed by atoms with van der Waals surface area (Å²) in [6.45, 7) is 7.68. The molecule has 7 nitrogen and oxygen atoms in total. The first-order valence-corrected chi connectivity index (χ1v) is 11.9. The maximum absolute atomic E-state index is 13.2. The lowest BCUT2D eigenvalue weighted by molar-refractivity contribution is -0.140. The van der Waals surface area contributed by atoms with Crippen molar-refractivity contribution in [3.05, 3.63) is 64.7 Å². The van der Waals surface area contributed by atoms with Crippen LogP contribution in [-0.4, -0.2) is 67.5 Å². The second kappa shape index (κ2) is 11.4. The Morgan fingerprint density at radius 3 is 2.37 bits per heavy atom. The first-order chi connectivity index (χ1) is 16.6. The van der Waals surface area contributed by atoms with Crippen molar-refractivity contribution in [2.24, 2.45) is 5.92 Å². The quantitative estimate of drug-likeness (QED) is 0.308. The topological polar surface area (TPSA) is 79.3 Å². The maximum atomic E-state index is 13.2. The molecule has 188 valence electrons. The molecule has 1 heterocycles. The molecule has 0 radical (unpaired) electrons. The Labute approximate surface area is 207 Å². The molecule has 0 aliphatic carbocycles. The maximum Gasteiger partial charge on any atom is 0.295 e. The third kappa shape index (κ3) is 6.03. The molecule has 7 heteroatoms. The Morgan fingerprint density at radius 2 is 1.77 bits per heavy atom. The van der Waals surface area contributed by atoms with Gasteiger partial charge in [0.05, 0.1) is 25.3 Å². The van der Waals surface area contributed by atoms with Gasteiger partial charge >= 0.3 is 0 Å². The number of carbonyl (C=O) groups excluding carboxylic acids is 2. The zero-order valence-electron chi connectivity index (χ0n) is 21.5. The van der Waals surface area contributed by atoms with Gasteiger partial charge in [0.25, 0.3) is 11.7 Å². The molecular formula is C28H36N2O5. The molecular weight excluding hydrogens is 444 g/mol. The number of aliphatic hydroxyl groups is 1. The lowest BCUT2D eigenvalue weighted by Crippen LogP contribution is -2.35. The molecule has 1 fully saturated rings. The average Bonchev–Trinajstić information content (AvgIpc) is 3.07. The summed E-state index contributed by atoms with van der Waals surface area (Å²) in [6.07, 6.45) is 0.909. The molecule has 2 aromatic rings. The van der Waals surface area contributed by atoms with E-state index in [-0.39, 0.29) is 11.3 Å². The van der Waals surface area contributed by atoms with Gasteiger partial charge in [-0.2, -0.15) is 0 Å². The van der Waals surface area contributed by atoms with E-state index in [9.17, 15) is 14.7 Å². The fourth-order valence-electron chi connectivity index (χ4n) is 4.01. The first kappa shape index (κ1) is 26.3. The number of Topliss-reactive ketones (excluding diaryl/α,β-unsaturated/α-hetero) is 1. The summed E-state index contributed by atoms with van der Waals surface area (Å²) < 4.78 is 11.5. The summed E-state index contributed by atoms with van der Waals surface area (Å²) in [7, 11) is 5.37. The minimum Gasteiger partial charge on any atom is -0.507 e. The van der Waals surface area contributed by atoms with Crippen molar-refractivity contribution in [1.82, 2.24) is 9.80 Å². The van der Waals surface area contributed by atoms with Crippen molar-refractivity contribution in [2.75, 3.05) is 40.9 Å². The number of ether oxygens (including phenoxy) is 2. The number of hydrogen-bond donors (Lipinski definition) is 1. The summed E-state index contributed by atoms with van der Waals surface area (Å²) in [5.74, 6) is 0.126. The average molecular weight is 481 g/mol. The molecule has 1 aliphatic rings. The van der Waals surface area contributed by atoms with Crippen LogP contribution >= 0.6 is 0 Å². The van der Waals surface area contributed by atoms with Gasteiger partial charge in [-0.1, -0.05) is 49.7 Å². The number of aliphatic hydroxyl groups excluding tert-OH is 1. The van der Waals surface area contributed by atoms with Crippen molar-refractivity contribution in [1.29, 1.82) is 0 Å². The summed E-state index contributed by atoms with van der Waals surface area (Å²) in [6, 6.07) is 11.9.